The molecule has 0 unspecified atom stereocenters. The number of hydrogen-bond donors (Lipinski definition) is 4. The van der Waals surface area contributed by atoms with Crippen molar-refractivity contribution in [2.75, 3.05) is 20.2 Å². The highest BCUT2D eigenvalue weighted by atomic mass is 19.4. The number of aromatic nitrogens is 3. The molecular weight excluding hydrogens is 858 g/mol. The van der Waals surface area contributed by atoms with Gasteiger partial charge < -0.3 is 39.5 Å². The number of halogens is 3. The second-order valence-electron chi connectivity index (χ2n) is 14.7. The largest absolute Gasteiger partial charge is 0.506 e. The van der Waals surface area contributed by atoms with Gasteiger partial charge in [-0.3, -0.25) is 43.2 Å². The summed E-state index contributed by atoms with van der Waals surface area (Å²) in [5, 5.41) is 18.7. The highest BCUT2D eigenvalue weighted by molar-refractivity contribution is 6.05. The smallest absolute Gasteiger partial charge is 0.416 e. The molecule has 65 heavy (non-hydrogen) atoms. The number of ketones is 3. The number of aromatic hydroxyl groups is 1. The maximum Gasteiger partial charge on any atom is 0.416 e. The Kier molecular flexibility index (Phi) is 15.7. The van der Waals surface area contributed by atoms with Gasteiger partial charge >= 0.3 is 6.18 Å². The van der Waals surface area contributed by atoms with Crippen LogP contribution in [0.2, 0.25) is 0 Å². The molecule has 3 aromatic carbocycles. The van der Waals surface area contributed by atoms with E-state index in [4.69, 9.17) is 4.74 Å². The maximum absolute atomic E-state index is 12.8. The number of ether oxygens (including phenoxy) is 1. The number of pyridine rings is 3. The highest BCUT2D eigenvalue weighted by Gasteiger charge is 2.32. The maximum atomic E-state index is 12.8. The van der Waals surface area contributed by atoms with Crippen LogP contribution in [-0.4, -0.2) is 80.1 Å². The van der Waals surface area contributed by atoms with Gasteiger partial charge in [-0.15, -0.1) is 0 Å². The Morgan fingerprint density at radius 3 is 1.75 bits per heavy atom. The number of rotatable bonds is 10. The number of benzene rings is 3. The number of carbonyl (C=O) groups excluding carboxylic acids is 6. The number of carbonyl (C=O) groups is 6. The average Bonchev–Trinajstić information content (AvgIpc) is 3.26. The molecule has 0 saturated carbocycles. The first-order valence-corrected chi connectivity index (χ1v) is 19.5. The molecular formula is C45H45F3N6O11. The number of aryl methyl sites for hydroxylation is 3. The molecule has 0 bridgehead atoms. The number of methoxy groups -OCH3 is 1. The molecule has 0 fully saturated rings. The van der Waals surface area contributed by atoms with E-state index in [-0.39, 0.29) is 63.8 Å². The molecule has 0 aliphatic rings. The molecule has 20 heteroatoms. The van der Waals surface area contributed by atoms with Gasteiger partial charge in [0, 0.05) is 31.9 Å². The summed E-state index contributed by atoms with van der Waals surface area (Å²) >= 11 is 0. The SMILES string of the molecule is CC(=O)CNC(=O)c1cc2ccccc2n(C)c1=O.CC(=O)[C@@H](C)NC(=O)c1c(O)c2ccc(C(F)(F)F)cc2n(C)c1=O.COc1c(C(=O)NCC(C)=O)c(=O)n(C)c2ccccc12. The third-order valence-corrected chi connectivity index (χ3v) is 9.94. The van der Waals surface area contributed by atoms with Crippen LogP contribution in [-0.2, 0) is 41.7 Å². The van der Waals surface area contributed by atoms with Gasteiger partial charge in [-0.1, -0.05) is 30.3 Å². The van der Waals surface area contributed by atoms with E-state index in [1.54, 1.807) is 44.4 Å². The summed E-state index contributed by atoms with van der Waals surface area (Å²) in [5.41, 5.74) is -2.24. The van der Waals surface area contributed by atoms with Crippen LogP contribution in [0.5, 0.6) is 11.5 Å². The number of Topliss-reactive ketones (excluding diaryl/α,β-unsaturated/α-hetero) is 3. The Hall–Kier alpha value is -7.90. The van der Waals surface area contributed by atoms with Gasteiger partial charge in [-0.25, -0.2) is 0 Å². The summed E-state index contributed by atoms with van der Waals surface area (Å²) in [5.74, 6) is -3.36. The normalized spacial score (nSPS) is 11.4. The van der Waals surface area contributed by atoms with Crippen molar-refractivity contribution in [3.8, 4) is 11.5 Å². The topological polar surface area (TPSA) is 234 Å². The van der Waals surface area contributed by atoms with Crippen molar-refractivity contribution in [1.82, 2.24) is 29.7 Å². The van der Waals surface area contributed by atoms with Crippen LogP contribution in [0.3, 0.4) is 0 Å². The molecule has 342 valence electrons. The van der Waals surface area contributed by atoms with Crippen molar-refractivity contribution in [2.45, 2.75) is 39.9 Å². The minimum absolute atomic E-state index is 0.0439. The van der Waals surface area contributed by atoms with Crippen molar-refractivity contribution in [3.63, 3.8) is 0 Å². The molecule has 6 rings (SSSR count). The lowest BCUT2D eigenvalue weighted by atomic mass is 10.1. The van der Waals surface area contributed by atoms with Gasteiger partial charge in [-0.05, 0) is 75.5 Å². The summed E-state index contributed by atoms with van der Waals surface area (Å²) < 4.78 is 47.4. The molecule has 3 heterocycles. The highest BCUT2D eigenvalue weighted by Crippen LogP contribution is 2.34. The van der Waals surface area contributed by atoms with Crippen LogP contribution in [0.25, 0.3) is 32.7 Å². The van der Waals surface area contributed by atoms with E-state index >= 15 is 0 Å². The van der Waals surface area contributed by atoms with Gasteiger partial charge in [0.2, 0.25) is 0 Å². The van der Waals surface area contributed by atoms with Crippen molar-refractivity contribution in [1.29, 1.82) is 0 Å². The Labute approximate surface area is 367 Å². The summed E-state index contributed by atoms with van der Waals surface area (Å²) in [7, 11) is 5.80. The van der Waals surface area contributed by atoms with Crippen LogP contribution < -0.4 is 37.4 Å². The van der Waals surface area contributed by atoms with Crippen molar-refractivity contribution in [3.05, 3.63) is 126 Å². The molecule has 1 atom stereocenters. The number of nitrogens with zero attached hydrogens (tertiary/aromatic N) is 3. The van der Waals surface area contributed by atoms with E-state index < -0.39 is 57.9 Å². The predicted octanol–water partition coefficient (Wildman–Crippen LogP) is 3.69. The zero-order valence-electron chi connectivity index (χ0n) is 36.4. The molecule has 0 radical (unpaired) electrons. The molecule has 0 aliphatic carbocycles. The number of hydrogen-bond acceptors (Lipinski definition) is 11. The van der Waals surface area contributed by atoms with Crippen LogP contribution in [0.1, 0.15) is 64.3 Å². The first-order chi connectivity index (χ1) is 30.4. The zero-order chi connectivity index (χ0) is 48.7. The van der Waals surface area contributed by atoms with Crippen LogP contribution in [0.15, 0.2) is 87.2 Å². The van der Waals surface area contributed by atoms with E-state index in [0.29, 0.717) is 10.9 Å². The van der Waals surface area contributed by atoms with E-state index in [9.17, 15) is 61.4 Å². The monoisotopic (exact) mass is 902 g/mol. The van der Waals surface area contributed by atoms with Crippen LogP contribution in [0.4, 0.5) is 13.2 Å². The van der Waals surface area contributed by atoms with Crippen LogP contribution >= 0.6 is 0 Å². The molecule has 3 aromatic heterocycles. The van der Waals surface area contributed by atoms with Gasteiger partial charge in [0.25, 0.3) is 34.4 Å². The van der Waals surface area contributed by atoms with Gasteiger partial charge in [0.15, 0.2) is 5.78 Å². The number of para-hydroxylation sites is 2. The average molecular weight is 903 g/mol. The second-order valence-corrected chi connectivity index (χ2v) is 14.7. The minimum atomic E-state index is -4.62. The van der Waals surface area contributed by atoms with E-state index in [1.807, 2.05) is 24.3 Å². The molecule has 0 spiro atoms. The summed E-state index contributed by atoms with van der Waals surface area (Å²) in [6.45, 7) is 5.17. The number of amides is 3. The summed E-state index contributed by atoms with van der Waals surface area (Å²) in [6.07, 6.45) is -4.62. The number of alkyl halides is 3. The molecule has 4 N–H and O–H groups in total. The van der Waals surface area contributed by atoms with E-state index in [1.165, 1.54) is 51.0 Å². The van der Waals surface area contributed by atoms with Gasteiger partial charge in [-0.2, -0.15) is 13.2 Å². The van der Waals surface area contributed by atoms with E-state index in [0.717, 1.165) is 33.7 Å². The Balaban J connectivity index is 0.000000216. The van der Waals surface area contributed by atoms with Crippen molar-refractivity contribution in [2.24, 2.45) is 21.1 Å². The zero-order valence-corrected chi connectivity index (χ0v) is 36.4. The van der Waals surface area contributed by atoms with Crippen LogP contribution in [0, 0.1) is 0 Å². The first-order valence-electron chi connectivity index (χ1n) is 19.5. The number of nitrogens with one attached hydrogen (secondary N) is 3. The molecule has 0 aliphatic heterocycles. The second kappa shape index (κ2) is 20.5. The fourth-order valence-electron chi connectivity index (χ4n) is 6.33. The van der Waals surface area contributed by atoms with Gasteiger partial charge in [0.1, 0.15) is 39.8 Å². The lowest BCUT2D eigenvalue weighted by molar-refractivity contribution is -0.137. The molecule has 6 aromatic rings. The first kappa shape index (κ1) is 49.8. The molecule has 3 amide bonds. The summed E-state index contributed by atoms with van der Waals surface area (Å²) in [6, 6.07) is 17.6. The summed E-state index contributed by atoms with van der Waals surface area (Å²) in [4.78, 5) is 106. The Morgan fingerprint density at radius 1 is 0.662 bits per heavy atom. The number of fused-ring (bicyclic) bond motifs is 3. The quantitative estimate of drug-likeness (QED) is 0.155. The third kappa shape index (κ3) is 11.2. The fourth-order valence-corrected chi connectivity index (χ4v) is 6.33. The predicted molar refractivity (Wildman–Crippen MR) is 234 cm³/mol. The van der Waals surface area contributed by atoms with Crippen molar-refractivity contribution >= 4 is 67.8 Å². The minimum Gasteiger partial charge on any atom is -0.506 e. The van der Waals surface area contributed by atoms with E-state index in [2.05, 4.69) is 16.0 Å². The fraction of sp³-hybridized carbons (Fsp3) is 0.267. The lowest BCUT2D eigenvalue weighted by Crippen LogP contribution is -2.40. The Morgan fingerprint density at radius 2 is 1.18 bits per heavy atom. The van der Waals surface area contributed by atoms with Gasteiger partial charge in [0.05, 0.1) is 48.4 Å². The molecule has 0 saturated heterocycles. The standard InChI is InChI=1S/C16H15F3N2O4.C15H16N2O4.C14H14N2O3/c1-7(8(2)22)20-14(24)12-13(23)10-5-4-9(16(17,18)19)6-11(10)21(3)15(12)25;1-9(18)8-16-14(19)12-13(21-3)10-6-4-5-7-11(10)17(2)15(12)20;1-9(17)8-15-13(18)11-7-10-5-3-4-6-12(10)16(2)14(11)19/h4-7,23H,1-3H3,(H,20,24);4-7H,8H2,1-3H3,(H,16,19);3-7H,8H2,1-2H3,(H,15,18)/t7-;;/m1../s1. The molecule has 17 nitrogen and oxygen atoms in total. The third-order valence-electron chi connectivity index (χ3n) is 9.94. The lowest BCUT2D eigenvalue weighted by Gasteiger charge is -2.15. The Bertz CT molecular complexity index is 3080. The van der Waals surface area contributed by atoms with Crippen molar-refractivity contribution < 1.29 is 51.8 Å².